The third-order valence-corrected chi connectivity index (χ3v) is 6.25. The summed E-state index contributed by atoms with van der Waals surface area (Å²) in [6.07, 6.45) is -0.704. The number of amides is 1. The van der Waals surface area contributed by atoms with E-state index in [0.717, 1.165) is 25.9 Å². The average molecular weight is 516 g/mol. The maximum atomic E-state index is 14.7. The Kier molecular flexibility index (Phi) is 8.93. The Balaban J connectivity index is 0.000000454. The number of carboxylic acid groups (broad SMARTS) is 1. The van der Waals surface area contributed by atoms with Gasteiger partial charge in [0.15, 0.2) is 0 Å². The molecular weight excluding hydrogens is 486 g/mol. The van der Waals surface area contributed by atoms with Gasteiger partial charge in [0, 0.05) is 37.3 Å². The van der Waals surface area contributed by atoms with E-state index in [0.29, 0.717) is 29.8 Å². The molecule has 1 N–H and O–H groups in total. The van der Waals surface area contributed by atoms with Crippen LogP contribution in [0.5, 0.6) is 5.75 Å². The van der Waals surface area contributed by atoms with Gasteiger partial charge < -0.3 is 19.3 Å². The second-order valence-corrected chi connectivity index (χ2v) is 8.94. The van der Waals surface area contributed by atoms with Crippen LogP contribution in [0.25, 0.3) is 0 Å². The van der Waals surface area contributed by atoms with Crippen LogP contribution < -0.4 is 4.74 Å². The molecule has 0 unspecified atom stereocenters. The smallest absolute Gasteiger partial charge is 0.487 e. The maximum absolute atomic E-state index is 14.7. The van der Waals surface area contributed by atoms with Gasteiger partial charge in [-0.05, 0) is 58.2 Å². The van der Waals surface area contributed by atoms with Gasteiger partial charge in [-0.3, -0.25) is 9.69 Å². The van der Waals surface area contributed by atoms with Crippen LogP contribution in [0, 0.1) is 12.7 Å². The van der Waals surface area contributed by atoms with Crippen LogP contribution >= 0.6 is 0 Å². The van der Waals surface area contributed by atoms with E-state index in [-0.39, 0.29) is 24.1 Å². The van der Waals surface area contributed by atoms with Crippen LogP contribution in [0.3, 0.4) is 0 Å². The zero-order valence-electron chi connectivity index (χ0n) is 20.1. The van der Waals surface area contributed by atoms with E-state index in [9.17, 15) is 22.4 Å². The number of alkyl halides is 3. The van der Waals surface area contributed by atoms with Gasteiger partial charge in [0.1, 0.15) is 29.6 Å². The normalized spacial score (nSPS) is 20.2. The Labute approximate surface area is 205 Å². The van der Waals surface area contributed by atoms with Crippen molar-refractivity contribution < 1.29 is 41.5 Å². The number of carbonyl (C=O) groups excluding carboxylic acids is 1. The Hall–Kier alpha value is -3.15. The number of carbonyl (C=O) groups is 2. The van der Waals surface area contributed by atoms with Gasteiger partial charge in [-0.15, -0.1) is 0 Å². The van der Waals surface area contributed by atoms with Crippen molar-refractivity contribution in [2.24, 2.45) is 0 Å². The van der Waals surface area contributed by atoms with Crippen LogP contribution in [-0.2, 0) is 11.4 Å². The minimum Gasteiger partial charge on any atom is -0.487 e. The Bertz CT molecular complexity index is 1060. The number of benzene rings is 1. The molecule has 2 saturated heterocycles. The standard InChI is InChI=1S/C22H28FN3O3.C2HF3O2/c1-15-5-3-9-25(15)13-18-6-4-10-26(18)22(27)20-8-7-19(12-21(20)23)28-14-17-11-16(2)29-24-17;3-2(4,5)1(6)7/h7-8,11-12,15,18H,3-6,9-10,13-14H2,1-2H3;(H,6,7)/t15-,18+;/m1./s1. The highest BCUT2D eigenvalue weighted by molar-refractivity contribution is 5.95. The van der Waals surface area contributed by atoms with Crippen molar-refractivity contribution >= 4 is 11.9 Å². The molecule has 4 rings (SSSR count). The Morgan fingerprint density at radius 2 is 1.89 bits per heavy atom. The molecule has 8 nitrogen and oxygen atoms in total. The molecule has 1 aromatic carbocycles. The van der Waals surface area contributed by atoms with Crippen LogP contribution in [0.15, 0.2) is 28.8 Å². The molecule has 1 aromatic heterocycles. The molecule has 1 amide bonds. The number of halogens is 4. The van der Waals surface area contributed by atoms with Crippen molar-refractivity contribution in [3.8, 4) is 5.75 Å². The number of carboxylic acids is 1. The topological polar surface area (TPSA) is 96.1 Å². The first kappa shape index (κ1) is 27.4. The summed E-state index contributed by atoms with van der Waals surface area (Å²) in [7, 11) is 0. The van der Waals surface area contributed by atoms with E-state index in [4.69, 9.17) is 19.2 Å². The summed E-state index contributed by atoms with van der Waals surface area (Å²) in [4.78, 5) is 26.2. The van der Waals surface area contributed by atoms with E-state index in [1.165, 1.54) is 25.0 Å². The van der Waals surface area contributed by atoms with Crippen LogP contribution in [0.1, 0.15) is 54.4 Å². The van der Waals surface area contributed by atoms with E-state index >= 15 is 0 Å². The molecule has 2 aliphatic rings. The monoisotopic (exact) mass is 515 g/mol. The summed E-state index contributed by atoms with van der Waals surface area (Å²) in [5.74, 6) is -2.48. The molecule has 0 spiro atoms. The lowest BCUT2D eigenvalue weighted by Crippen LogP contribution is -2.44. The summed E-state index contributed by atoms with van der Waals surface area (Å²) in [6.45, 7) is 6.89. The number of aryl methyl sites for hydroxylation is 1. The van der Waals surface area contributed by atoms with E-state index in [1.54, 1.807) is 19.1 Å². The summed E-state index contributed by atoms with van der Waals surface area (Å²) >= 11 is 0. The molecule has 3 heterocycles. The van der Waals surface area contributed by atoms with E-state index < -0.39 is 18.0 Å². The lowest BCUT2D eigenvalue weighted by Gasteiger charge is -2.31. The summed E-state index contributed by atoms with van der Waals surface area (Å²) in [5.41, 5.74) is 0.745. The molecule has 0 saturated carbocycles. The average Bonchev–Trinajstić information content (AvgIpc) is 3.54. The molecule has 36 heavy (non-hydrogen) atoms. The molecule has 198 valence electrons. The summed E-state index contributed by atoms with van der Waals surface area (Å²) in [6, 6.07) is 6.92. The molecular formula is C24H29F4N3O5. The molecule has 12 heteroatoms. The van der Waals surface area contributed by atoms with Gasteiger partial charge in [0.2, 0.25) is 0 Å². The molecule has 2 fully saturated rings. The van der Waals surface area contributed by atoms with E-state index in [2.05, 4.69) is 17.0 Å². The first-order valence-corrected chi connectivity index (χ1v) is 11.7. The number of ether oxygens (including phenoxy) is 1. The van der Waals surface area contributed by atoms with Gasteiger partial charge in [0.25, 0.3) is 5.91 Å². The SMILES string of the molecule is Cc1cc(COc2ccc(C(=O)N3CCC[C@H]3CN3CCC[C@H]3C)c(F)c2)no1.O=C(O)C(F)(F)F. The number of hydrogen-bond acceptors (Lipinski definition) is 6. The predicted octanol–water partition coefficient (Wildman–Crippen LogP) is 4.42. The largest absolute Gasteiger partial charge is 0.490 e. The van der Waals surface area contributed by atoms with Gasteiger partial charge in [-0.1, -0.05) is 5.16 Å². The van der Waals surface area contributed by atoms with Crippen molar-refractivity contribution in [1.29, 1.82) is 0 Å². The van der Waals surface area contributed by atoms with Crippen molar-refractivity contribution in [3.05, 3.63) is 47.1 Å². The Morgan fingerprint density at radius 3 is 2.44 bits per heavy atom. The minimum absolute atomic E-state index is 0.107. The zero-order chi connectivity index (χ0) is 26.5. The lowest BCUT2D eigenvalue weighted by atomic mass is 10.1. The Morgan fingerprint density at radius 1 is 1.19 bits per heavy atom. The first-order valence-electron chi connectivity index (χ1n) is 11.7. The van der Waals surface area contributed by atoms with Crippen molar-refractivity contribution in [2.45, 2.75) is 64.4 Å². The molecule has 2 aromatic rings. The fourth-order valence-corrected chi connectivity index (χ4v) is 4.38. The van der Waals surface area contributed by atoms with Crippen molar-refractivity contribution in [1.82, 2.24) is 15.0 Å². The first-order chi connectivity index (χ1) is 17.0. The number of aliphatic carboxylic acids is 1. The molecule has 0 aliphatic carbocycles. The third kappa shape index (κ3) is 7.19. The molecule has 2 atom stereocenters. The fraction of sp³-hybridized carbons (Fsp3) is 0.542. The number of nitrogens with zero attached hydrogens (tertiary/aromatic N) is 3. The highest BCUT2D eigenvalue weighted by atomic mass is 19.4. The quantitative estimate of drug-likeness (QED) is 0.569. The van der Waals surface area contributed by atoms with Crippen molar-refractivity contribution in [3.63, 3.8) is 0 Å². The van der Waals surface area contributed by atoms with Crippen LogP contribution in [0.2, 0.25) is 0 Å². The van der Waals surface area contributed by atoms with Crippen LogP contribution in [0.4, 0.5) is 17.6 Å². The number of rotatable bonds is 6. The number of likely N-dealkylation sites (tertiary alicyclic amines) is 2. The van der Waals surface area contributed by atoms with Crippen molar-refractivity contribution in [2.75, 3.05) is 19.6 Å². The van der Waals surface area contributed by atoms with Gasteiger partial charge in [-0.2, -0.15) is 13.2 Å². The van der Waals surface area contributed by atoms with Crippen LogP contribution in [-0.4, -0.2) is 69.8 Å². The summed E-state index contributed by atoms with van der Waals surface area (Å²) in [5, 5.41) is 11.0. The van der Waals surface area contributed by atoms with E-state index in [1.807, 2.05) is 4.90 Å². The number of aromatic nitrogens is 1. The molecule has 2 aliphatic heterocycles. The molecule has 0 bridgehead atoms. The zero-order valence-corrected chi connectivity index (χ0v) is 20.1. The lowest BCUT2D eigenvalue weighted by molar-refractivity contribution is -0.192. The van der Waals surface area contributed by atoms with Gasteiger partial charge in [0.05, 0.1) is 5.56 Å². The fourth-order valence-electron chi connectivity index (χ4n) is 4.38. The summed E-state index contributed by atoms with van der Waals surface area (Å²) < 4.78 is 57.0. The second-order valence-electron chi connectivity index (χ2n) is 8.94. The predicted molar refractivity (Wildman–Crippen MR) is 120 cm³/mol. The molecule has 0 radical (unpaired) electrons. The second kappa shape index (κ2) is 11.7. The highest BCUT2D eigenvalue weighted by Crippen LogP contribution is 2.26. The number of hydrogen-bond donors (Lipinski definition) is 1. The highest BCUT2D eigenvalue weighted by Gasteiger charge is 2.38. The minimum atomic E-state index is -5.08. The third-order valence-electron chi connectivity index (χ3n) is 6.25. The van der Waals surface area contributed by atoms with Gasteiger partial charge >= 0.3 is 12.1 Å². The van der Waals surface area contributed by atoms with Gasteiger partial charge in [-0.25, -0.2) is 9.18 Å². The maximum Gasteiger partial charge on any atom is 0.490 e.